The topological polar surface area (TPSA) is 54.7 Å². The van der Waals surface area contributed by atoms with Crippen LogP contribution in [0.4, 0.5) is 0 Å². The molecule has 0 unspecified atom stereocenters. The lowest BCUT2D eigenvalue weighted by Crippen LogP contribution is -1.81. The molecule has 0 aliphatic heterocycles. The maximum absolute atomic E-state index is 6.05. The third-order valence-electron chi connectivity index (χ3n) is 4.96. The van der Waals surface area contributed by atoms with Crippen molar-refractivity contribution in [1.82, 2.24) is 15.2 Å². The summed E-state index contributed by atoms with van der Waals surface area (Å²) < 4.78 is 6.05. The highest BCUT2D eigenvalue weighted by Gasteiger charge is 2.14. The minimum atomic E-state index is 0.541. The van der Waals surface area contributed by atoms with E-state index in [4.69, 9.17) is 4.42 Å². The van der Waals surface area contributed by atoms with E-state index >= 15 is 0 Å². The highest BCUT2D eigenvalue weighted by atomic mass is 16.4. The Bertz CT molecular complexity index is 1280. The lowest BCUT2D eigenvalue weighted by atomic mass is 10.0. The van der Waals surface area contributed by atoms with Crippen LogP contribution in [-0.4, -0.2) is 15.2 Å². The third-order valence-corrected chi connectivity index (χ3v) is 4.96. The van der Waals surface area contributed by atoms with Gasteiger partial charge >= 0.3 is 0 Å². The van der Waals surface area contributed by atoms with Crippen molar-refractivity contribution >= 4 is 21.5 Å². The fourth-order valence-corrected chi connectivity index (χ4v) is 3.54. The van der Waals surface area contributed by atoms with Crippen LogP contribution in [-0.2, 0) is 0 Å². The molecule has 144 valence electrons. The van der Waals surface area contributed by atoms with E-state index in [1.54, 1.807) is 0 Å². The van der Waals surface area contributed by atoms with Crippen LogP contribution in [0, 0.1) is 0 Å². The molecule has 0 aliphatic rings. The van der Waals surface area contributed by atoms with Gasteiger partial charge in [-0.15, -0.1) is 10.2 Å². The molecule has 6 rings (SSSR count). The molecule has 0 radical (unpaired) electrons. The van der Waals surface area contributed by atoms with Gasteiger partial charge in [0.05, 0.1) is 0 Å². The normalized spacial score (nSPS) is 10.7. The molecule has 0 bridgehead atoms. The van der Waals surface area contributed by atoms with Crippen LogP contribution in [0.15, 0.2) is 114 Å². The molecule has 6 aromatic rings. The van der Waals surface area contributed by atoms with Gasteiger partial charge in [-0.3, -0.25) is 0 Å². The second kappa shape index (κ2) is 8.05. The van der Waals surface area contributed by atoms with Crippen LogP contribution in [0.3, 0.4) is 0 Å². The maximum Gasteiger partial charge on any atom is 0.248 e. The molecule has 30 heavy (non-hydrogen) atoms. The smallest absolute Gasteiger partial charge is 0.248 e. The molecule has 4 heteroatoms. The van der Waals surface area contributed by atoms with Crippen molar-refractivity contribution in [2.75, 3.05) is 0 Å². The van der Waals surface area contributed by atoms with Crippen LogP contribution in [0.2, 0.25) is 0 Å². The Morgan fingerprint density at radius 1 is 0.500 bits per heavy atom. The first-order chi connectivity index (χ1) is 14.9. The van der Waals surface area contributed by atoms with Crippen LogP contribution in [0.5, 0.6) is 0 Å². The van der Waals surface area contributed by atoms with E-state index in [1.165, 1.54) is 0 Å². The zero-order valence-electron chi connectivity index (χ0n) is 16.2. The van der Waals surface area contributed by atoms with Gasteiger partial charge < -0.3 is 9.40 Å². The molecular weight excluding hydrogens is 370 g/mol. The summed E-state index contributed by atoms with van der Waals surface area (Å²) in [5.74, 6) is 1.08. The first-order valence-electron chi connectivity index (χ1n) is 9.78. The molecule has 0 amide bonds. The minimum Gasteiger partial charge on any atom is -0.416 e. The number of H-pyrrole nitrogens is 1. The molecule has 0 saturated carbocycles. The fraction of sp³-hybridized carbons (Fsp3) is 0. The van der Waals surface area contributed by atoms with Gasteiger partial charge in [-0.05, 0) is 45.8 Å². The van der Waals surface area contributed by atoms with Crippen LogP contribution in [0.25, 0.3) is 44.5 Å². The van der Waals surface area contributed by atoms with E-state index < -0.39 is 0 Å². The van der Waals surface area contributed by atoms with Gasteiger partial charge in [0.15, 0.2) is 0 Å². The number of benzene rings is 4. The Morgan fingerprint density at radius 2 is 0.967 bits per heavy atom. The van der Waals surface area contributed by atoms with E-state index in [-0.39, 0.29) is 0 Å². The molecule has 4 nitrogen and oxygen atoms in total. The molecular formula is C26H19N3O. The lowest BCUT2D eigenvalue weighted by molar-refractivity contribution is 0.586. The Morgan fingerprint density at radius 3 is 1.43 bits per heavy atom. The number of rotatable bonds is 2. The second-order valence-corrected chi connectivity index (χ2v) is 6.85. The third kappa shape index (κ3) is 3.47. The van der Waals surface area contributed by atoms with Crippen LogP contribution < -0.4 is 0 Å². The van der Waals surface area contributed by atoms with Crippen LogP contribution >= 0.6 is 0 Å². The number of aromatic nitrogens is 3. The predicted octanol–water partition coefficient (Wildman–Crippen LogP) is 6.72. The van der Waals surface area contributed by atoms with Gasteiger partial charge in [-0.2, -0.15) is 0 Å². The standard InChI is InChI=1S/C22H14N2O.C4H5N/c1-3-11-17-15(7-1)9-5-13-19(17)21-23-24-22(25-21)20-14-6-10-16-8-2-4-12-18(16)20;1-2-4-5-3-1/h1-14H;1-5H. The molecule has 0 aliphatic carbocycles. The SMILES string of the molecule is c1cc[nH]c1.c1ccc2c(-c3nnc(-c4cccc5ccccc45)o3)cccc2c1. The largest absolute Gasteiger partial charge is 0.416 e. The summed E-state index contributed by atoms with van der Waals surface area (Å²) in [4.78, 5) is 2.86. The summed E-state index contributed by atoms with van der Waals surface area (Å²) in [5.41, 5.74) is 1.91. The zero-order valence-corrected chi connectivity index (χ0v) is 16.2. The molecule has 0 atom stereocenters. The number of hydrogen-bond donors (Lipinski definition) is 1. The van der Waals surface area contributed by atoms with Gasteiger partial charge in [0.1, 0.15) is 0 Å². The molecule has 0 fully saturated rings. The quantitative estimate of drug-likeness (QED) is 0.357. The maximum atomic E-state index is 6.05. The summed E-state index contributed by atoms with van der Waals surface area (Å²) in [6.45, 7) is 0. The summed E-state index contributed by atoms with van der Waals surface area (Å²) in [5, 5.41) is 13.1. The molecule has 0 spiro atoms. The van der Waals surface area contributed by atoms with Crippen molar-refractivity contribution in [2.24, 2.45) is 0 Å². The minimum absolute atomic E-state index is 0.541. The Balaban J connectivity index is 0.000000340. The molecule has 4 aromatic carbocycles. The van der Waals surface area contributed by atoms with Crippen LogP contribution in [0.1, 0.15) is 0 Å². The van der Waals surface area contributed by atoms with E-state index in [2.05, 4.69) is 51.6 Å². The number of aromatic amines is 1. The van der Waals surface area contributed by atoms with E-state index in [0.29, 0.717) is 11.8 Å². The first kappa shape index (κ1) is 17.9. The van der Waals surface area contributed by atoms with Crippen molar-refractivity contribution in [3.8, 4) is 22.9 Å². The van der Waals surface area contributed by atoms with Crippen molar-refractivity contribution in [3.63, 3.8) is 0 Å². The molecule has 2 aromatic heterocycles. The molecule has 2 heterocycles. The first-order valence-corrected chi connectivity index (χ1v) is 9.78. The van der Waals surface area contributed by atoms with Crippen molar-refractivity contribution in [3.05, 3.63) is 109 Å². The van der Waals surface area contributed by atoms with Gasteiger partial charge in [0, 0.05) is 23.5 Å². The van der Waals surface area contributed by atoms with Gasteiger partial charge in [-0.25, -0.2) is 0 Å². The summed E-state index contributed by atoms with van der Waals surface area (Å²) in [6.07, 6.45) is 3.75. The summed E-state index contributed by atoms with van der Waals surface area (Å²) in [6, 6.07) is 32.5. The lowest BCUT2D eigenvalue weighted by Gasteiger charge is -2.03. The number of nitrogens with zero attached hydrogens (tertiary/aromatic N) is 2. The number of fused-ring (bicyclic) bond motifs is 2. The van der Waals surface area contributed by atoms with E-state index in [0.717, 1.165) is 32.7 Å². The fourth-order valence-electron chi connectivity index (χ4n) is 3.54. The summed E-state index contributed by atoms with van der Waals surface area (Å²) in [7, 11) is 0. The number of hydrogen-bond acceptors (Lipinski definition) is 3. The highest BCUT2D eigenvalue weighted by molar-refractivity contribution is 5.96. The second-order valence-electron chi connectivity index (χ2n) is 6.85. The number of nitrogens with one attached hydrogen (secondary N) is 1. The Kier molecular flexibility index (Phi) is 4.80. The Labute approximate surface area is 173 Å². The van der Waals surface area contributed by atoms with Gasteiger partial charge in [0.2, 0.25) is 11.8 Å². The monoisotopic (exact) mass is 389 g/mol. The zero-order chi connectivity index (χ0) is 20.2. The summed E-state index contributed by atoms with van der Waals surface area (Å²) >= 11 is 0. The molecule has 0 saturated heterocycles. The van der Waals surface area contributed by atoms with E-state index in [9.17, 15) is 0 Å². The predicted molar refractivity (Wildman–Crippen MR) is 121 cm³/mol. The van der Waals surface area contributed by atoms with E-state index in [1.807, 2.05) is 73.1 Å². The molecule has 1 N–H and O–H groups in total. The van der Waals surface area contributed by atoms with Crippen molar-refractivity contribution in [2.45, 2.75) is 0 Å². The average Bonchev–Trinajstić information content (AvgIpc) is 3.54. The van der Waals surface area contributed by atoms with Crippen molar-refractivity contribution in [1.29, 1.82) is 0 Å². The van der Waals surface area contributed by atoms with Crippen molar-refractivity contribution < 1.29 is 4.42 Å². The highest BCUT2D eigenvalue weighted by Crippen LogP contribution is 2.32. The average molecular weight is 389 g/mol. The Hall–Kier alpha value is -4.18. The van der Waals surface area contributed by atoms with Gasteiger partial charge in [0.25, 0.3) is 0 Å². The van der Waals surface area contributed by atoms with Gasteiger partial charge in [-0.1, -0.05) is 72.8 Å².